The van der Waals surface area contributed by atoms with E-state index < -0.39 is 0 Å². The molecular weight excluding hydrogens is 192 g/mol. The van der Waals surface area contributed by atoms with Gasteiger partial charge in [0.15, 0.2) is 0 Å². The summed E-state index contributed by atoms with van der Waals surface area (Å²) in [6, 6.07) is -0.272. The zero-order valence-corrected chi connectivity index (χ0v) is 9.40. The molecule has 0 aromatic heterocycles. The van der Waals surface area contributed by atoms with E-state index in [2.05, 4.69) is 4.90 Å². The monoisotopic (exact) mass is 210 g/mol. The summed E-state index contributed by atoms with van der Waals surface area (Å²) in [7, 11) is 2.01. The van der Waals surface area contributed by atoms with Crippen LogP contribution >= 0.6 is 0 Å². The van der Waals surface area contributed by atoms with Crippen LogP contribution in [0.1, 0.15) is 26.2 Å². The number of amides is 1. The van der Waals surface area contributed by atoms with Gasteiger partial charge in [-0.05, 0) is 39.8 Å². The van der Waals surface area contributed by atoms with Crippen molar-refractivity contribution in [2.45, 2.75) is 37.8 Å². The lowest BCUT2D eigenvalue weighted by molar-refractivity contribution is -0.139. The molecule has 84 valence electrons. The third-order valence-electron chi connectivity index (χ3n) is 3.93. The highest BCUT2D eigenvalue weighted by Crippen LogP contribution is 2.37. The predicted molar refractivity (Wildman–Crippen MR) is 56.5 cm³/mol. The summed E-state index contributed by atoms with van der Waals surface area (Å²) >= 11 is 0. The van der Waals surface area contributed by atoms with Gasteiger partial charge in [0.05, 0.1) is 6.04 Å². The van der Waals surface area contributed by atoms with E-state index >= 15 is 0 Å². The lowest BCUT2D eigenvalue weighted by Crippen LogP contribution is -2.50. The van der Waals surface area contributed by atoms with Crippen molar-refractivity contribution < 1.29 is 9.59 Å². The maximum Gasteiger partial charge on any atom is 0.243 e. The molecular formula is C11H18N2O2. The maximum absolute atomic E-state index is 12.3. The number of likely N-dealkylation sites (N-methyl/N-ethyl adjacent to an activating group) is 1. The molecule has 1 amide bonds. The Morgan fingerprint density at radius 1 is 1.40 bits per heavy atom. The third kappa shape index (κ3) is 1.39. The van der Waals surface area contributed by atoms with Gasteiger partial charge in [0.1, 0.15) is 11.8 Å². The second kappa shape index (κ2) is 3.59. The molecule has 2 aliphatic rings. The first-order chi connectivity index (χ1) is 7.12. The molecule has 1 spiro atoms. The Balaban J connectivity index is 2.19. The Hall–Kier alpha value is -0.900. The van der Waals surface area contributed by atoms with E-state index in [1.807, 2.05) is 7.05 Å². The van der Waals surface area contributed by atoms with E-state index in [-0.39, 0.29) is 17.5 Å². The van der Waals surface area contributed by atoms with Crippen molar-refractivity contribution in [3.8, 4) is 0 Å². The highest BCUT2D eigenvalue weighted by molar-refractivity contribution is 5.90. The van der Waals surface area contributed by atoms with Gasteiger partial charge in [0.2, 0.25) is 5.91 Å². The van der Waals surface area contributed by atoms with E-state index in [1.54, 1.807) is 11.8 Å². The van der Waals surface area contributed by atoms with Crippen molar-refractivity contribution in [1.29, 1.82) is 0 Å². The fourth-order valence-electron chi connectivity index (χ4n) is 2.84. The zero-order valence-electron chi connectivity index (χ0n) is 9.40. The SMILES string of the molecule is C[C@@H](C=O)N1CC[C@@]2(CCCN2C)C1=O. The topological polar surface area (TPSA) is 40.6 Å². The standard InChI is InChI=1S/C11H18N2O2/c1-9(8-14)13-7-5-11(10(13)15)4-3-6-12(11)2/h8-9H,3-7H2,1-2H3/t9-,11-/m0/s1. The van der Waals surface area contributed by atoms with E-state index in [0.717, 1.165) is 38.6 Å². The number of hydrogen-bond donors (Lipinski definition) is 0. The van der Waals surface area contributed by atoms with Crippen LogP contribution in [0.3, 0.4) is 0 Å². The molecule has 2 heterocycles. The molecule has 4 heteroatoms. The average Bonchev–Trinajstić information content (AvgIpc) is 2.75. The largest absolute Gasteiger partial charge is 0.332 e. The van der Waals surface area contributed by atoms with Crippen molar-refractivity contribution in [2.24, 2.45) is 0 Å². The van der Waals surface area contributed by atoms with Gasteiger partial charge < -0.3 is 9.69 Å². The van der Waals surface area contributed by atoms with Gasteiger partial charge in [-0.25, -0.2) is 0 Å². The molecule has 4 nitrogen and oxygen atoms in total. The molecule has 0 aliphatic carbocycles. The first-order valence-corrected chi connectivity index (χ1v) is 5.59. The minimum Gasteiger partial charge on any atom is -0.332 e. The van der Waals surface area contributed by atoms with Crippen LogP contribution in [-0.2, 0) is 9.59 Å². The first kappa shape index (κ1) is 10.6. The summed E-state index contributed by atoms with van der Waals surface area (Å²) in [5, 5.41) is 0. The summed E-state index contributed by atoms with van der Waals surface area (Å²) < 4.78 is 0. The Labute approximate surface area is 90.2 Å². The molecule has 2 aliphatic heterocycles. The first-order valence-electron chi connectivity index (χ1n) is 5.59. The fourth-order valence-corrected chi connectivity index (χ4v) is 2.84. The molecule has 0 aromatic rings. The minimum absolute atomic E-state index is 0.155. The van der Waals surface area contributed by atoms with Gasteiger partial charge in [-0.1, -0.05) is 0 Å². The van der Waals surface area contributed by atoms with Gasteiger partial charge in [0.25, 0.3) is 0 Å². The molecule has 2 fully saturated rings. The molecule has 2 atom stereocenters. The third-order valence-corrected chi connectivity index (χ3v) is 3.93. The van der Waals surface area contributed by atoms with Crippen LogP contribution in [0.25, 0.3) is 0 Å². The molecule has 2 saturated heterocycles. The second-order valence-electron chi connectivity index (χ2n) is 4.68. The van der Waals surface area contributed by atoms with Crippen LogP contribution in [0, 0.1) is 0 Å². The number of aldehydes is 1. The Morgan fingerprint density at radius 3 is 2.67 bits per heavy atom. The molecule has 0 aromatic carbocycles. The fraction of sp³-hybridized carbons (Fsp3) is 0.818. The van der Waals surface area contributed by atoms with Gasteiger partial charge in [0, 0.05) is 6.54 Å². The van der Waals surface area contributed by atoms with Gasteiger partial charge in [-0.2, -0.15) is 0 Å². The van der Waals surface area contributed by atoms with Gasteiger partial charge in [-0.3, -0.25) is 9.69 Å². The van der Waals surface area contributed by atoms with Crippen LogP contribution in [0.4, 0.5) is 0 Å². The quantitative estimate of drug-likeness (QED) is 0.614. The Bertz CT molecular complexity index is 292. The van der Waals surface area contributed by atoms with Crippen molar-refractivity contribution in [2.75, 3.05) is 20.1 Å². The molecule has 0 N–H and O–H groups in total. The molecule has 15 heavy (non-hydrogen) atoms. The van der Waals surface area contributed by atoms with Gasteiger partial charge >= 0.3 is 0 Å². The zero-order chi connectivity index (χ0) is 11.1. The maximum atomic E-state index is 12.3. The van der Waals surface area contributed by atoms with E-state index in [9.17, 15) is 9.59 Å². The van der Waals surface area contributed by atoms with Crippen LogP contribution in [0.5, 0.6) is 0 Å². The molecule has 0 saturated carbocycles. The summed E-state index contributed by atoms with van der Waals surface area (Å²) in [6.07, 6.45) is 3.77. The Kier molecular flexibility index (Phi) is 2.54. The van der Waals surface area contributed by atoms with Crippen LogP contribution in [-0.4, -0.2) is 53.7 Å². The number of carbonyl (C=O) groups is 2. The number of hydrogen-bond acceptors (Lipinski definition) is 3. The number of nitrogens with zero attached hydrogens (tertiary/aromatic N) is 2. The minimum atomic E-state index is -0.280. The number of carbonyl (C=O) groups excluding carboxylic acids is 2. The predicted octanol–water partition coefficient (Wildman–Crippen LogP) is 0.270. The molecule has 2 rings (SSSR count). The number of rotatable bonds is 2. The normalized spacial score (nSPS) is 34.0. The van der Waals surface area contributed by atoms with E-state index in [1.165, 1.54) is 0 Å². The van der Waals surface area contributed by atoms with Crippen LogP contribution in [0.2, 0.25) is 0 Å². The smallest absolute Gasteiger partial charge is 0.243 e. The molecule has 0 bridgehead atoms. The lowest BCUT2D eigenvalue weighted by atomic mass is 9.95. The van der Waals surface area contributed by atoms with Crippen molar-refractivity contribution in [3.63, 3.8) is 0 Å². The second-order valence-corrected chi connectivity index (χ2v) is 4.68. The van der Waals surface area contributed by atoms with E-state index in [4.69, 9.17) is 0 Å². The lowest BCUT2D eigenvalue weighted by Gasteiger charge is -2.30. The number of likely N-dealkylation sites (tertiary alicyclic amines) is 2. The van der Waals surface area contributed by atoms with Crippen LogP contribution < -0.4 is 0 Å². The summed E-state index contributed by atoms with van der Waals surface area (Å²) in [5.41, 5.74) is -0.280. The van der Waals surface area contributed by atoms with Gasteiger partial charge in [-0.15, -0.1) is 0 Å². The van der Waals surface area contributed by atoms with Crippen molar-refractivity contribution >= 4 is 12.2 Å². The summed E-state index contributed by atoms with van der Waals surface area (Å²) in [4.78, 5) is 26.9. The van der Waals surface area contributed by atoms with Crippen molar-refractivity contribution in [1.82, 2.24) is 9.80 Å². The highest BCUT2D eigenvalue weighted by atomic mass is 16.2. The van der Waals surface area contributed by atoms with Crippen molar-refractivity contribution in [3.05, 3.63) is 0 Å². The summed E-state index contributed by atoms with van der Waals surface area (Å²) in [6.45, 7) is 3.51. The summed E-state index contributed by atoms with van der Waals surface area (Å²) in [5.74, 6) is 0.155. The van der Waals surface area contributed by atoms with Crippen LogP contribution in [0.15, 0.2) is 0 Å². The highest BCUT2D eigenvalue weighted by Gasteiger charge is 2.52. The Morgan fingerprint density at radius 2 is 2.13 bits per heavy atom. The van der Waals surface area contributed by atoms with E-state index in [0.29, 0.717) is 0 Å². The average molecular weight is 210 g/mol. The molecule has 0 unspecified atom stereocenters. The molecule has 0 radical (unpaired) electrons.